The van der Waals surface area contributed by atoms with Gasteiger partial charge in [0.1, 0.15) is 6.54 Å². The van der Waals surface area contributed by atoms with Crippen molar-refractivity contribution in [2.75, 3.05) is 0 Å². The highest BCUT2D eigenvalue weighted by Gasteiger charge is 2.01. The smallest absolute Gasteiger partial charge is 0.168 e. The summed E-state index contributed by atoms with van der Waals surface area (Å²) in [5, 5.41) is 2.16. The molecule has 0 spiro atoms. The summed E-state index contributed by atoms with van der Waals surface area (Å²) >= 11 is 5.38. The van der Waals surface area contributed by atoms with Crippen LogP contribution < -0.4 is 4.57 Å². The Kier molecular flexibility index (Phi) is 5.88. The van der Waals surface area contributed by atoms with Gasteiger partial charge >= 0.3 is 0 Å². The number of halogens is 1. The van der Waals surface area contributed by atoms with Crippen LogP contribution in [0.4, 0.5) is 0 Å². The zero-order valence-electron chi connectivity index (χ0n) is 10.5. The molecule has 0 bridgehead atoms. The van der Waals surface area contributed by atoms with Crippen LogP contribution in [0.3, 0.4) is 0 Å². The molecule has 0 atom stereocenters. The van der Waals surface area contributed by atoms with Crippen LogP contribution in [0.2, 0.25) is 0 Å². The molecule has 0 aliphatic rings. The summed E-state index contributed by atoms with van der Waals surface area (Å²) in [6, 6.07) is 8.48. The molecule has 2 heterocycles. The number of hydrogen-bond acceptors (Lipinski definition) is 1. The lowest BCUT2D eigenvalue weighted by Crippen LogP contribution is -2.32. The second-order valence-corrected chi connectivity index (χ2v) is 6.73. The Morgan fingerprint density at radius 1 is 1.00 bits per heavy atom. The lowest BCUT2D eigenvalue weighted by atomic mass is 10.1. The van der Waals surface area contributed by atoms with E-state index in [-0.39, 0.29) is 0 Å². The minimum absolute atomic E-state index is 1.14. The van der Waals surface area contributed by atoms with Crippen LogP contribution in [0.1, 0.15) is 31.2 Å². The van der Waals surface area contributed by atoms with Gasteiger partial charge in [-0.2, -0.15) is 0 Å². The number of thiophene rings is 1. The van der Waals surface area contributed by atoms with E-state index in [1.165, 1.54) is 41.5 Å². The first-order chi connectivity index (χ1) is 8.86. The van der Waals surface area contributed by atoms with Crippen molar-refractivity contribution in [3.8, 4) is 0 Å². The minimum Gasteiger partial charge on any atom is -0.205 e. The zero-order chi connectivity index (χ0) is 12.6. The molecule has 3 heteroatoms. The van der Waals surface area contributed by atoms with Gasteiger partial charge in [-0.3, -0.25) is 0 Å². The van der Waals surface area contributed by atoms with E-state index in [0.717, 1.165) is 6.54 Å². The summed E-state index contributed by atoms with van der Waals surface area (Å²) < 4.78 is 3.57. The number of pyridine rings is 1. The lowest BCUT2D eigenvalue weighted by molar-refractivity contribution is -0.697. The van der Waals surface area contributed by atoms with E-state index in [1.807, 2.05) is 0 Å². The Bertz CT molecular complexity index is 453. The highest BCUT2D eigenvalue weighted by molar-refractivity contribution is 9.11. The first-order valence-electron chi connectivity index (χ1n) is 6.52. The molecule has 0 saturated carbocycles. The van der Waals surface area contributed by atoms with Crippen molar-refractivity contribution in [3.05, 3.63) is 51.4 Å². The maximum absolute atomic E-state index is 3.59. The molecule has 18 heavy (non-hydrogen) atoms. The Balaban J connectivity index is 1.56. The molecule has 0 aromatic carbocycles. The standard InChI is InChI=1S/C15H19BrNS/c16-15-14(9-13-18-15)8-4-1-2-5-10-17-11-6-3-7-12-17/h3,6-7,9,11-13H,1-2,4-5,8,10H2/q+1. The van der Waals surface area contributed by atoms with Crippen molar-refractivity contribution in [1.82, 2.24) is 0 Å². The summed E-state index contributed by atoms with van der Waals surface area (Å²) in [7, 11) is 0. The number of rotatable bonds is 7. The van der Waals surface area contributed by atoms with Gasteiger partial charge in [-0.05, 0) is 52.2 Å². The van der Waals surface area contributed by atoms with E-state index < -0.39 is 0 Å². The van der Waals surface area contributed by atoms with Gasteiger partial charge in [-0.15, -0.1) is 11.3 Å². The zero-order valence-corrected chi connectivity index (χ0v) is 12.9. The number of unbranched alkanes of at least 4 members (excludes halogenated alkanes) is 3. The fraction of sp³-hybridized carbons (Fsp3) is 0.400. The molecule has 0 unspecified atom stereocenters. The highest BCUT2D eigenvalue weighted by Crippen LogP contribution is 2.24. The van der Waals surface area contributed by atoms with E-state index in [0.29, 0.717) is 0 Å². The quantitative estimate of drug-likeness (QED) is 0.517. The van der Waals surface area contributed by atoms with Crippen molar-refractivity contribution in [3.63, 3.8) is 0 Å². The van der Waals surface area contributed by atoms with Crippen molar-refractivity contribution >= 4 is 27.3 Å². The lowest BCUT2D eigenvalue weighted by Gasteiger charge is -2.00. The third-order valence-corrected chi connectivity index (χ3v) is 4.89. The topological polar surface area (TPSA) is 3.88 Å². The maximum atomic E-state index is 3.59. The molecule has 2 aromatic heterocycles. The van der Waals surface area contributed by atoms with Gasteiger partial charge in [-0.1, -0.05) is 12.5 Å². The Hall–Kier alpha value is -0.670. The van der Waals surface area contributed by atoms with Gasteiger partial charge in [0.05, 0.1) is 3.79 Å². The average molecular weight is 325 g/mol. The SMILES string of the molecule is Brc1sccc1CCCCCC[n+]1ccccc1. The molecular formula is C15H19BrNS+. The highest BCUT2D eigenvalue weighted by atomic mass is 79.9. The first kappa shape index (κ1) is 13.8. The van der Waals surface area contributed by atoms with Crippen LogP contribution >= 0.6 is 27.3 Å². The fourth-order valence-electron chi connectivity index (χ4n) is 2.05. The van der Waals surface area contributed by atoms with Crippen LogP contribution in [-0.2, 0) is 13.0 Å². The van der Waals surface area contributed by atoms with Gasteiger partial charge in [0, 0.05) is 18.6 Å². The Morgan fingerprint density at radius 3 is 2.50 bits per heavy atom. The van der Waals surface area contributed by atoms with Crippen molar-refractivity contribution in [1.29, 1.82) is 0 Å². The van der Waals surface area contributed by atoms with Crippen LogP contribution in [0.25, 0.3) is 0 Å². The average Bonchev–Trinajstić information content (AvgIpc) is 2.81. The maximum Gasteiger partial charge on any atom is 0.168 e. The molecule has 0 amide bonds. The third kappa shape index (κ3) is 4.54. The molecule has 2 rings (SSSR count). The number of nitrogens with zero attached hydrogens (tertiary/aromatic N) is 1. The van der Waals surface area contributed by atoms with E-state index in [9.17, 15) is 0 Å². The minimum atomic E-state index is 1.14. The predicted octanol–water partition coefficient (Wildman–Crippen LogP) is 4.60. The molecule has 0 fully saturated rings. The van der Waals surface area contributed by atoms with Crippen molar-refractivity contribution < 1.29 is 4.57 Å². The van der Waals surface area contributed by atoms with Crippen LogP contribution in [-0.4, -0.2) is 0 Å². The van der Waals surface area contributed by atoms with Gasteiger partial charge in [-0.25, -0.2) is 4.57 Å². The van der Waals surface area contributed by atoms with Gasteiger partial charge in [0.15, 0.2) is 12.4 Å². The molecule has 0 aliphatic heterocycles. The van der Waals surface area contributed by atoms with Crippen LogP contribution in [0.15, 0.2) is 45.8 Å². The van der Waals surface area contributed by atoms with Crippen molar-refractivity contribution in [2.45, 2.75) is 38.6 Å². The van der Waals surface area contributed by atoms with E-state index in [1.54, 1.807) is 11.3 Å². The van der Waals surface area contributed by atoms with Gasteiger partial charge in [0.2, 0.25) is 0 Å². The van der Waals surface area contributed by atoms with Crippen molar-refractivity contribution in [2.24, 2.45) is 0 Å². The predicted molar refractivity (Wildman–Crippen MR) is 80.8 cm³/mol. The number of hydrogen-bond donors (Lipinski definition) is 0. The second-order valence-electron chi connectivity index (χ2n) is 4.50. The molecule has 96 valence electrons. The molecule has 0 aliphatic carbocycles. The molecule has 0 saturated heterocycles. The largest absolute Gasteiger partial charge is 0.205 e. The normalized spacial score (nSPS) is 10.7. The van der Waals surface area contributed by atoms with E-state index in [2.05, 4.69) is 62.5 Å². The first-order valence-corrected chi connectivity index (χ1v) is 8.19. The van der Waals surface area contributed by atoms with E-state index in [4.69, 9.17) is 0 Å². The summed E-state index contributed by atoms with van der Waals surface area (Å²) in [5.41, 5.74) is 1.47. The molecule has 2 aromatic rings. The number of aromatic nitrogens is 1. The molecule has 0 N–H and O–H groups in total. The molecular weight excluding hydrogens is 306 g/mol. The molecule has 0 radical (unpaired) electrons. The van der Waals surface area contributed by atoms with E-state index >= 15 is 0 Å². The fourth-order valence-corrected chi connectivity index (χ4v) is 3.37. The summed E-state index contributed by atoms with van der Waals surface area (Å²) in [4.78, 5) is 0. The van der Waals surface area contributed by atoms with Crippen LogP contribution in [0, 0.1) is 0 Å². The summed E-state index contributed by atoms with van der Waals surface area (Å²) in [5.74, 6) is 0. The third-order valence-electron chi connectivity index (χ3n) is 3.08. The van der Waals surface area contributed by atoms with Crippen LogP contribution in [0.5, 0.6) is 0 Å². The van der Waals surface area contributed by atoms with Gasteiger partial charge in [0.25, 0.3) is 0 Å². The summed E-state index contributed by atoms with van der Waals surface area (Å²) in [6.07, 6.45) is 10.7. The van der Waals surface area contributed by atoms with Gasteiger partial charge < -0.3 is 0 Å². The monoisotopic (exact) mass is 324 g/mol. The molecule has 1 nitrogen and oxygen atoms in total. The Morgan fingerprint density at radius 2 is 1.78 bits per heavy atom. The summed E-state index contributed by atoms with van der Waals surface area (Å²) in [6.45, 7) is 1.14. The Labute approximate surface area is 122 Å². The number of aryl methyl sites for hydroxylation is 2. The second kappa shape index (κ2) is 7.70.